The van der Waals surface area contributed by atoms with Gasteiger partial charge in [0.2, 0.25) is 0 Å². The second kappa shape index (κ2) is 12.1. The molecule has 0 saturated carbocycles. The predicted octanol–water partition coefficient (Wildman–Crippen LogP) is 10.9. The van der Waals surface area contributed by atoms with Crippen molar-refractivity contribution in [3.63, 3.8) is 0 Å². The minimum atomic E-state index is 0.601. The molecule has 4 nitrogen and oxygen atoms in total. The van der Waals surface area contributed by atoms with Crippen LogP contribution in [-0.4, -0.2) is 9.97 Å². The summed E-state index contributed by atoms with van der Waals surface area (Å²) in [6, 6.07) is 50.8. The minimum Gasteiger partial charge on any atom is -0.264 e. The van der Waals surface area contributed by atoms with Crippen LogP contribution in [0.25, 0.3) is 77.2 Å². The Labute approximate surface area is 278 Å². The second-order valence-electron chi connectivity index (χ2n) is 11.6. The maximum atomic E-state index is 9.69. The largest absolute Gasteiger partial charge is 0.264 e. The number of nitriles is 2. The molecule has 8 rings (SSSR count). The number of benzene rings is 6. The lowest BCUT2D eigenvalue weighted by Gasteiger charge is -2.19. The molecule has 8 aromatic rings. The molecule has 2 heterocycles. The fourth-order valence-corrected chi connectivity index (χ4v) is 6.69. The molecule has 0 fully saturated rings. The van der Waals surface area contributed by atoms with Gasteiger partial charge in [0.1, 0.15) is 0 Å². The van der Waals surface area contributed by atoms with Gasteiger partial charge in [0.05, 0.1) is 23.3 Å². The van der Waals surface area contributed by atoms with Crippen molar-refractivity contribution in [2.45, 2.75) is 0 Å². The zero-order valence-electron chi connectivity index (χ0n) is 25.8. The smallest absolute Gasteiger partial charge is 0.0999 e. The Morgan fingerprint density at radius 1 is 0.375 bits per heavy atom. The van der Waals surface area contributed by atoms with E-state index in [1.165, 1.54) is 0 Å². The molecule has 0 unspecified atom stereocenters. The monoisotopic (exact) mass is 610 g/mol. The summed E-state index contributed by atoms with van der Waals surface area (Å²) >= 11 is 0. The highest BCUT2D eigenvalue weighted by atomic mass is 14.6. The van der Waals surface area contributed by atoms with Gasteiger partial charge in [-0.25, -0.2) is 0 Å². The molecular weight excluding hydrogens is 585 g/mol. The van der Waals surface area contributed by atoms with Gasteiger partial charge in [-0.3, -0.25) is 9.97 Å². The molecular formula is C44H26N4. The summed E-state index contributed by atoms with van der Waals surface area (Å²) in [5.74, 6) is 0. The molecule has 4 heteroatoms. The average Bonchev–Trinajstić information content (AvgIpc) is 3.17. The molecule has 0 aliphatic carbocycles. The van der Waals surface area contributed by atoms with Gasteiger partial charge in [-0.2, -0.15) is 10.5 Å². The van der Waals surface area contributed by atoms with E-state index < -0.39 is 0 Å². The van der Waals surface area contributed by atoms with Gasteiger partial charge < -0.3 is 0 Å². The predicted molar refractivity (Wildman–Crippen MR) is 194 cm³/mol. The number of hydrogen-bond donors (Lipinski definition) is 0. The molecule has 0 spiro atoms. The molecule has 222 valence electrons. The molecule has 0 aliphatic heterocycles. The molecule has 0 N–H and O–H groups in total. The van der Waals surface area contributed by atoms with Crippen molar-refractivity contribution >= 4 is 21.5 Å². The maximum Gasteiger partial charge on any atom is 0.0999 e. The van der Waals surface area contributed by atoms with Crippen molar-refractivity contribution in [2.75, 3.05) is 0 Å². The first kappa shape index (κ1) is 28.6. The van der Waals surface area contributed by atoms with Crippen LogP contribution in [-0.2, 0) is 0 Å². The van der Waals surface area contributed by atoms with Crippen molar-refractivity contribution < 1.29 is 0 Å². The lowest BCUT2D eigenvalue weighted by Crippen LogP contribution is -1.92. The topological polar surface area (TPSA) is 73.4 Å². The highest BCUT2D eigenvalue weighted by molar-refractivity contribution is 6.22. The maximum absolute atomic E-state index is 9.69. The van der Waals surface area contributed by atoms with E-state index in [0.29, 0.717) is 11.1 Å². The second-order valence-corrected chi connectivity index (χ2v) is 11.6. The minimum absolute atomic E-state index is 0.601. The summed E-state index contributed by atoms with van der Waals surface area (Å²) in [5.41, 5.74) is 11.6. The zero-order valence-corrected chi connectivity index (χ0v) is 25.8. The fraction of sp³-hybridized carbons (Fsp3) is 0. The van der Waals surface area contributed by atoms with E-state index in [1.54, 1.807) is 36.9 Å². The van der Waals surface area contributed by atoms with Crippen LogP contribution in [0.1, 0.15) is 11.1 Å². The standard InChI is InChI=1S/C44H26N4/c45-25-35-20-22-47-27-41(35)30-10-14-32(15-11-30)43-37-8-4-5-9-38(37)44(40-24-34(18-19-39(40)43)29-6-2-1-3-7-29)33-16-12-31(13-17-33)42-28-48-23-21-36(42)26-46/h1-24,27-28H. The number of hydrogen-bond acceptors (Lipinski definition) is 4. The molecule has 0 saturated heterocycles. The van der Waals surface area contributed by atoms with Crippen molar-refractivity contribution in [2.24, 2.45) is 0 Å². The summed E-state index contributed by atoms with van der Waals surface area (Å²) < 4.78 is 0. The third-order valence-corrected chi connectivity index (χ3v) is 8.98. The summed E-state index contributed by atoms with van der Waals surface area (Å²) in [7, 11) is 0. The van der Waals surface area contributed by atoms with Crippen LogP contribution in [0.15, 0.2) is 158 Å². The van der Waals surface area contributed by atoms with Crippen LogP contribution in [0.2, 0.25) is 0 Å². The Kier molecular flexibility index (Phi) is 7.23. The van der Waals surface area contributed by atoms with Crippen molar-refractivity contribution in [3.05, 3.63) is 169 Å². The van der Waals surface area contributed by atoms with E-state index in [2.05, 4.69) is 137 Å². The van der Waals surface area contributed by atoms with Crippen molar-refractivity contribution in [3.8, 4) is 67.8 Å². The normalized spacial score (nSPS) is 10.9. The first-order chi connectivity index (χ1) is 23.7. The van der Waals surface area contributed by atoms with Gasteiger partial charge in [-0.05, 0) is 84.3 Å². The van der Waals surface area contributed by atoms with E-state index in [0.717, 1.165) is 77.2 Å². The fourth-order valence-electron chi connectivity index (χ4n) is 6.69. The molecule has 6 aromatic carbocycles. The SMILES string of the molecule is N#Cc1ccncc1-c1ccc(-c2c3ccccc3c(-c3ccc(-c4cnccc4C#N)cc3)c3cc(-c4ccccc4)ccc23)cc1. The summed E-state index contributed by atoms with van der Waals surface area (Å²) in [4.78, 5) is 8.54. The first-order valence-electron chi connectivity index (χ1n) is 15.7. The Bertz CT molecular complexity index is 2560. The molecule has 0 aliphatic rings. The van der Waals surface area contributed by atoms with E-state index >= 15 is 0 Å². The van der Waals surface area contributed by atoms with Gasteiger partial charge in [0.25, 0.3) is 0 Å². The van der Waals surface area contributed by atoms with Crippen molar-refractivity contribution in [1.29, 1.82) is 10.5 Å². The number of rotatable bonds is 5. The van der Waals surface area contributed by atoms with Gasteiger partial charge in [-0.1, -0.05) is 115 Å². The molecule has 48 heavy (non-hydrogen) atoms. The molecule has 0 bridgehead atoms. The lowest BCUT2D eigenvalue weighted by atomic mass is 9.84. The van der Waals surface area contributed by atoms with E-state index in [-0.39, 0.29) is 0 Å². The Morgan fingerprint density at radius 3 is 1.33 bits per heavy atom. The highest BCUT2D eigenvalue weighted by Crippen LogP contribution is 2.45. The summed E-state index contributed by atoms with van der Waals surface area (Å²) in [5, 5.41) is 24.0. The number of aromatic nitrogens is 2. The Hall–Kier alpha value is -6.88. The van der Waals surface area contributed by atoms with Crippen LogP contribution in [0.5, 0.6) is 0 Å². The first-order valence-corrected chi connectivity index (χ1v) is 15.7. The Balaban J connectivity index is 1.37. The molecule has 2 aromatic heterocycles. The number of pyridine rings is 2. The van der Waals surface area contributed by atoms with Crippen LogP contribution < -0.4 is 0 Å². The Morgan fingerprint density at radius 2 is 0.812 bits per heavy atom. The zero-order chi connectivity index (χ0) is 32.5. The third kappa shape index (κ3) is 4.95. The lowest BCUT2D eigenvalue weighted by molar-refractivity contribution is 1.31. The van der Waals surface area contributed by atoms with Gasteiger partial charge >= 0.3 is 0 Å². The molecule has 0 amide bonds. The quantitative estimate of drug-likeness (QED) is 0.182. The van der Waals surface area contributed by atoms with E-state index in [4.69, 9.17) is 0 Å². The third-order valence-electron chi connectivity index (χ3n) is 8.98. The van der Waals surface area contributed by atoms with E-state index in [1.807, 2.05) is 6.07 Å². The van der Waals surface area contributed by atoms with Crippen molar-refractivity contribution in [1.82, 2.24) is 9.97 Å². The summed E-state index contributed by atoms with van der Waals surface area (Å²) in [6.07, 6.45) is 6.80. The highest BCUT2D eigenvalue weighted by Gasteiger charge is 2.18. The van der Waals surface area contributed by atoms with Crippen LogP contribution >= 0.6 is 0 Å². The summed E-state index contributed by atoms with van der Waals surface area (Å²) in [6.45, 7) is 0. The van der Waals surface area contributed by atoms with Gasteiger partial charge in [0.15, 0.2) is 0 Å². The molecule has 0 atom stereocenters. The van der Waals surface area contributed by atoms with Crippen LogP contribution in [0, 0.1) is 22.7 Å². The number of nitrogens with zero attached hydrogens (tertiary/aromatic N) is 4. The number of fused-ring (bicyclic) bond motifs is 2. The van der Waals surface area contributed by atoms with Gasteiger partial charge in [-0.15, -0.1) is 0 Å². The molecule has 0 radical (unpaired) electrons. The van der Waals surface area contributed by atoms with Gasteiger partial charge in [0, 0.05) is 35.9 Å². The van der Waals surface area contributed by atoms with E-state index in [9.17, 15) is 10.5 Å². The van der Waals surface area contributed by atoms with Crippen LogP contribution in [0.4, 0.5) is 0 Å². The van der Waals surface area contributed by atoms with Crippen LogP contribution in [0.3, 0.4) is 0 Å². The average molecular weight is 611 g/mol.